The second kappa shape index (κ2) is 10.8. The van der Waals surface area contributed by atoms with E-state index in [0.29, 0.717) is 18.5 Å². The molecule has 0 bridgehead atoms. The minimum Gasteiger partial charge on any atom is -0.469 e. The van der Waals surface area contributed by atoms with Crippen molar-refractivity contribution in [1.82, 2.24) is 10.3 Å². The zero-order chi connectivity index (χ0) is 18.6. The van der Waals surface area contributed by atoms with Gasteiger partial charge in [-0.25, -0.2) is 0 Å². The molecule has 1 amide bonds. The molecule has 26 heavy (non-hydrogen) atoms. The van der Waals surface area contributed by atoms with Crippen LogP contribution in [0.15, 0.2) is 48.8 Å². The molecule has 1 aromatic carbocycles. The monoisotopic (exact) mass is 352 g/mol. The van der Waals surface area contributed by atoms with Gasteiger partial charge in [0.15, 0.2) is 0 Å². The molecule has 0 aliphatic heterocycles. The van der Waals surface area contributed by atoms with Crippen LogP contribution in [0.4, 0.5) is 0 Å². The van der Waals surface area contributed by atoms with Gasteiger partial charge < -0.3 is 10.1 Å². The summed E-state index contributed by atoms with van der Waals surface area (Å²) in [6.45, 7) is 0.601. The molecule has 0 saturated heterocycles. The van der Waals surface area contributed by atoms with Crippen LogP contribution in [0, 0.1) is 0 Å². The second-order valence-electron chi connectivity index (χ2n) is 5.88. The van der Waals surface area contributed by atoms with Gasteiger partial charge in [0.25, 0.3) is 5.91 Å². The predicted molar refractivity (Wildman–Crippen MR) is 102 cm³/mol. The molecule has 0 radical (unpaired) electrons. The van der Waals surface area contributed by atoms with E-state index < -0.39 is 0 Å². The van der Waals surface area contributed by atoms with Crippen LogP contribution >= 0.6 is 0 Å². The third-order valence-corrected chi connectivity index (χ3v) is 3.92. The van der Waals surface area contributed by atoms with E-state index >= 15 is 0 Å². The number of benzene rings is 1. The van der Waals surface area contributed by atoms with Crippen LogP contribution in [0.5, 0.6) is 0 Å². The van der Waals surface area contributed by atoms with Crippen molar-refractivity contribution in [2.75, 3.05) is 13.7 Å². The molecule has 0 aliphatic rings. The molecule has 5 heteroatoms. The second-order valence-corrected chi connectivity index (χ2v) is 5.88. The highest BCUT2D eigenvalue weighted by atomic mass is 16.5. The van der Waals surface area contributed by atoms with Crippen molar-refractivity contribution >= 4 is 24.0 Å². The number of hydrogen-bond donors (Lipinski definition) is 1. The first-order valence-electron chi connectivity index (χ1n) is 8.72. The molecule has 2 rings (SSSR count). The van der Waals surface area contributed by atoms with Crippen molar-refractivity contribution in [2.24, 2.45) is 0 Å². The Hall–Kier alpha value is -2.95. The Morgan fingerprint density at radius 2 is 1.62 bits per heavy atom. The third-order valence-electron chi connectivity index (χ3n) is 3.92. The Bertz CT molecular complexity index is 725. The molecule has 0 saturated carbocycles. The maximum Gasteiger partial charge on any atom is 0.305 e. The summed E-state index contributed by atoms with van der Waals surface area (Å²) in [5, 5.41) is 2.90. The summed E-state index contributed by atoms with van der Waals surface area (Å²) in [6.07, 6.45) is 10.4. The van der Waals surface area contributed by atoms with Gasteiger partial charge in [-0.1, -0.05) is 30.7 Å². The fourth-order valence-corrected chi connectivity index (χ4v) is 2.39. The molecule has 0 spiro atoms. The Morgan fingerprint density at radius 1 is 0.962 bits per heavy atom. The Labute approximate surface area is 154 Å². The van der Waals surface area contributed by atoms with Crippen molar-refractivity contribution in [2.45, 2.75) is 25.7 Å². The van der Waals surface area contributed by atoms with E-state index in [1.807, 2.05) is 48.6 Å². The summed E-state index contributed by atoms with van der Waals surface area (Å²) >= 11 is 0. The molecular formula is C21H24N2O3. The van der Waals surface area contributed by atoms with E-state index in [4.69, 9.17) is 0 Å². The average molecular weight is 352 g/mol. The van der Waals surface area contributed by atoms with Crippen LogP contribution < -0.4 is 5.32 Å². The van der Waals surface area contributed by atoms with Crippen LogP contribution in [0.25, 0.3) is 12.2 Å². The first-order chi connectivity index (χ1) is 12.7. The molecule has 5 nitrogen and oxygen atoms in total. The molecule has 1 N–H and O–H groups in total. The summed E-state index contributed by atoms with van der Waals surface area (Å²) in [4.78, 5) is 27.1. The third kappa shape index (κ3) is 6.89. The first-order valence-corrected chi connectivity index (χ1v) is 8.72. The highest BCUT2D eigenvalue weighted by Gasteiger charge is 2.04. The van der Waals surface area contributed by atoms with Crippen molar-refractivity contribution in [1.29, 1.82) is 0 Å². The Kier molecular flexibility index (Phi) is 8.06. The number of hydrogen-bond acceptors (Lipinski definition) is 4. The number of amides is 1. The number of pyridine rings is 1. The minimum absolute atomic E-state index is 0.0809. The van der Waals surface area contributed by atoms with Crippen LogP contribution in [0.3, 0.4) is 0 Å². The molecule has 1 heterocycles. The molecule has 0 aliphatic carbocycles. The van der Waals surface area contributed by atoms with Crippen molar-refractivity contribution in [3.8, 4) is 0 Å². The normalized spacial score (nSPS) is 10.7. The molecular weight excluding hydrogens is 328 g/mol. The van der Waals surface area contributed by atoms with Gasteiger partial charge in [-0.3, -0.25) is 14.6 Å². The largest absolute Gasteiger partial charge is 0.469 e. The maximum atomic E-state index is 12.1. The lowest BCUT2D eigenvalue weighted by molar-refractivity contribution is -0.140. The SMILES string of the molecule is COC(=O)CCCCCNC(=O)c1ccc(/C=C/c2ccncc2)cc1. The van der Waals surface area contributed by atoms with Gasteiger partial charge in [0, 0.05) is 30.9 Å². The van der Waals surface area contributed by atoms with Crippen LogP contribution in [0.2, 0.25) is 0 Å². The fourth-order valence-electron chi connectivity index (χ4n) is 2.39. The number of rotatable bonds is 9. The number of nitrogens with zero attached hydrogens (tertiary/aromatic N) is 1. The number of carbonyl (C=O) groups is 2. The summed E-state index contributed by atoms with van der Waals surface area (Å²) in [5.41, 5.74) is 2.75. The number of carbonyl (C=O) groups excluding carboxylic acids is 2. The van der Waals surface area contributed by atoms with Gasteiger partial charge in [0.2, 0.25) is 0 Å². The van der Waals surface area contributed by atoms with E-state index in [2.05, 4.69) is 15.0 Å². The van der Waals surface area contributed by atoms with Crippen LogP contribution in [-0.2, 0) is 9.53 Å². The molecule has 0 atom stereocenters. The fraction of sp³-hybridized carbons (Fsp3) is 0.286. The molecule has 1 aromatic heterocycles. The number of methoxy groups -OCH3 is 1. The summed E-state index contributed by atoms with van der Waals surface area (Å²) < 4.78 is 4.59. The summed E-state index contributed by atoms with van der Waals surface area (Å²) in [6, 6.07) is 11.3. The van der Waals surface area contributed by atoms with E-state index in [0.717, 1.165) is 30.4 Å². The number of ether oxygens (including phenoxy) is 1. The Morgan fingerprint density at radius 3 is 2.27 bits per heavy atom. The van der Waals surface area contributed by atoms with E-state index in [1.54, 1.807) is 12.4 Å². The number of nitrogens with one attached hydrogen (secondary N) is 1. The van der Waals surface area contributed by atoms with Crippen molar-refractivity contribution in [3.05, 3.63) is 65.5 Å². The predicted octanol–water partition coefficient (Wildman–Crippen LogP) is 3.72. The van der Waals surface area contributed by atoms with Crippen LogP contribution in [0.1, 0.15) is 47.2 Å². The van der Waals surface area contributed by atoms with E-state index in [-0.39, 0.29) is 11.9 Å². The van der Waals surface area contributed by atoms with Gasteiger partial charge in [-0.2, -0.15) is 0 Å². The van der Waals surface area contributed by atoms with Crippen molar-refractivity contribution in [3.63, 3.8) is 0 Å². The van der Waals surface area contributed by atoms with Crippen molar-refractivity contribution < 1.29 is 14.3 Å². The standard InChI is InChI=1S/C21H24N2O3/c1-26-20(24)5-3-2-4-14-23-21(25)19-10-8-17(9-11-19)6-7-18-12-15-22-16-13-18/h6-13,15-16H,2-5,14H2,1H3,(H,23,25)/b7-6+. The molecule has 0 unspecified atom stereocenters. The minimum atomic E-state index is -0.188. The van der Waals surface area contributed by atoms with Gasteiger partial charge in [-0.15, -0.1) is 0 Å². The lowest BCUT2D eigenvalue weighted by Crippen LogP contribution is -2.24. The lowest BCUT2D eigenvalue weighted by atomic mass is 10.1. The van der Waals surface area contributed by atoms with E-state index in [1.165, 1.54) is 7.11 Å². The molecule has 136 valence electrons. The number of unbranched alkanes of at least 4 members (excludes halogenated alkanes) is 2. The van der Waals surface area contributed by atoms with E-state index in [9.17, 15) is 9.59 Å². The molecule has 2 aromatic rings. The Balaban J connectivity index is 1.72. The lowest BCUT2D eigenvalue weighted by Gasteiger charge is -2.05. The maximum absolute atomic E-state index is 12.1. The topological polar surface area (TPSA) is 68.3 Å². The highest BCUT2D eigenvalue weighted by Crippen LogP contribution is 2.09. The van der Waals surface area contributed by atoms with Crippen LogP contribution in [-0.4, -0.2) is 30.5 Å². The average Bonchev–Trinajstić information content (AvgIpc) is 2.69. The van der Waals surface area contributed by atoms with Gasteiger partial charge in [0.05, 0.1) is 7.11 Å². The first kappa shape index (κ1) is 19.4. The summed E-state index contributed by atoms with van der Waals surface area (Å²) in [5.74, 6) is -0.269. The van der Waals surface area contributed by atoms with Gasteiger partial charge in [-0.05, 0) is 48.2 Å². The number of aromatic nitrogens is 1. The number of esters is 1. The van der Waals surface area contributed by atoms with Gasteiger partial charge >= 0.3 is 5.97 Å². The highest BCUT2D eigenvalue weighted by molar-refractivity contribution is 5.94. The summed E-state index contributed by atoms with van der Waals surface area (Å²) in [7, 11) is 1.39. The zero-order valence-electron chi connectivity index (χ0n) is 15.0. The zero-order valence-corrected chi connectivity index (χ0v) is 15.0. The quantitative estimate of drug-likeness (QED) is 0.552. The smallest absolute Gasteiger partial charge is 0.305 e. The van der Waals surface area contributed by atoms with Gasteiger partial charge in [0.1, 0.15) is 0 Å². The molecule has 0 fully saturated rings.